The Morgan fingerprint density at radius 1 is 1.00 bits per heavy atom. The van der Waals surface area contributed by atoms with Crippen LogP contribution < -0.4 is 10.6 Å². The number of benzene rings is 2. The van der Waals surface area contributed by atoms with Gasteiger partial charge in [-0.15, -0.1) is 11.8 Å². The van der Waals surface area contributed by atoms with Crippen LogP contribution in [0.3, 0.4) is 0 Å². The van der Waals surface area contributed by atoms with E-state index in [9.17, 15) is 9.59 Å². The maximum absolute atomic E-state index is 12.5. The van der Waals surface area contributed by atoms with Gasteiger partial charge in [-0.25, -0.2) is 0 Å². The molecule has 1 aromatic heterocycles. The fourth-order valence-electron chi connectivity index (χ4n) is 2.86. The normalized spacial score (nSPS) is 11.6. The molecule has 0 fully saturated rings. The molecule has 0 saturated carbocycles. The number of aryl methyl sites for hydroxylation is 1. The van der Waals surface area contributed by atoms with E-state index in [1.54, 1.807) is 13.0 Å². The van der Waals surface area contributed by atoms with Crippen molar-refractivity contribution in [3.05, 3.63) is 83.6 Å². The molecule has 3 rings (SSSR count). The predicted octanol–water partition coefficient (Wildman–Crippen LogP) is 3.75. The Balaban J connectivity index is 1.51. The van der Waals surface area contributed by atoms with Crippen molar-refractivity contribution in [2.24, 2.45) is 0 Å². The molecule has 0 spiro atoms. The Kier molecular flexibility index (Phi) is 7.47. The molecule has 150 valence electrons. The molecule has 2 amide bonds. The summed E-state index contributed by atoms with van der Waals surface area (Å²) in [5.74, 6) is 1.03. The number of hydrogen-bond acceptors (Lipinski definition) is 5. The third-order valence-corrected chi connectivity index (χ3v) is 5.11. The SMILES string of the molecule is Cc1cc(NC(=O)CSCC(=O)NC(Cc2ccccc2)c2ccccc2)no1. The molecule has 1 atom stereocenters. The topological polar surface area (TPSA) is 84.2 Å². The van der Waals surface area contributed by atoms with Gasteiger partial charge in [-0.05, 0) is 24.5 Å². The minimum atomic E-state index is -0.222. The number of amides is 2. The van der Waals surface area contributed by atoms with E-state index in [1.165, 1.54) is 11.8 Å². The molecule has 2 aromatic carbocycles. The summed E-state index contributed by atoms with van der Waals surface area (Å²) in [6, 6.07) is 21.5. The molecule has 1 heterocycles. The zero-order valence-electron chi connectivity index (χ0n) is 16.1. The van der Waals surface area contributed by atoms with Crippen molar-refractivity contribution in [1.29, 1.82) is 0 Å². The molecular formula is C22H23N3O3S. The lowest BCUT2D eigenvalue weighted by molar-refractivity contribution is -0.119. The Hall–Kier alpha value is -3.06. The molecule has 0 aliphatic heterocycles. The first-order valence-electron chi connectivity index (χ1n) is 9.29. The Labute approximate surface area is 174 Å². The zero-order valence-corrected chi connectivity index (χ0v) is 16.9. The number of hydrogen-bond donors (Lipinski definition) is 2. The van der Waals surface area contributed by atoms with Crippen molar-refractivity contribution in [1.82, 2.24) is 10.5 Å². The third-order valence-electron chi connectivity index (χ3n) is 4.18. The second-order valence-corrected chi connectivity index (χ2v) is 7.57. The van der Waals surface area contributed by atoms with Gasteiger partial charge in [-0.2, -0.15) is 0 Å². The van der Waals surface area contributed by atoms with Crippen molar-refractivity contribution in [2.75, 3.05) is 16.8 Å². The first-order chi connectivity index (χ1) is 14.1. The van der Waals surface area contributed by atoms with Crippen molar-refractivity contribution >= 4 is 29.4 Å². The second-order valence-electron chi connectivity index (χ2n) is 6.58. The number of carbonyl (C=O) groups excluding carboxylic acids is 2. The molecule has 6 nitrogen and oxygen atoms in total. The van der Waals surface area contributed by atoms with E-state index in [0.717, 1.165) is 11.1 Å². The minimum absolute atomic E-state index is 0.107. The quantitative estimate of drug-likeness (QED) is 0.562. The van der Waals surface area contributed by atoms with Crippen LogP contribution in [0, 0.1) is 6.92 Å². The zero-order chi connectivity index (χ0) is 20.5. The van der Waals surface area contributed by atoms with E-state index in [-0.39, 0.29) is 29.4 Å². The van der Waals surface area contributed by atoms with Gasteiger partial charge < -0.3 is 15.2 Å². The van der Waals surface area contributed by atoms with Crippen molar-refractivity contribution in [3.8, 4) is 0 Å². The number of rotatable bonds is 9. The van der Waals surface area contributed by atoms with E-state index in [0.29, 0.717) is 18.0 Å². The van der Waals surface area contributed by atoms with Crippen LogP contribution in [0.15, 0.2) is 71.3 Å². The van der Waals surface area contributed by atoms with Crippen LogP contribution in [0.25, 0.3) is 0 Å². The van der Waals surface area contributed by atoms with Gasteiger partial charge in [0.15, 0.2) is 5.82 Å². The Bertz CT molecular complexity index is 929. The van der Waals surface area contributed by atoms with Gasteiger partial charge in [-0.1, -0.05) is 65.8 Å². The van der Waals surface area contributed by atoms with Crippen LogP contribution in [-0.2, 0) is 16.0 Å². The van der Waals surface area contributed by atoms with Crippen LogP contribution in [0.4, 0.5) is 5.82 Å². The van der Waals surface area contributed by atoms with Crippen molar-refractivity contribution in [2.45, 2.75) is 19.4 Å². The number of nitrogens with one attached hydrogen (secondary N) is 2. The van der Waals surface area contributed by atoms with Crippen molar-refractivity contribution < 1.29 is 14.1 Å². The van der Waals surface area contributed by atoms with E-state index in [1.807, 2.05) is 60.7 Å². The standard InChI is InChI=1S/C22H23N3O3S/c1-16-12-20(25-28-16)24-22(27)15-29-14-21(26)23-19(18-10-6-3-7-11-18)13-17-8-4-2-5-9-17/h2-12,19H,13-15H2,1H3,(H,23,26)(H,24,25,27). The first-order valence-corrected chi connectivity index (χ1v) is 10.4. The smallest absolute Gasteiger partial charge is 0.235 e. The fraction of sp³-hybridized carbons (Fsp3) is 0.227. The summed E-state index contributed by atoms with van der Waals surface area (Å²) in [7, 11) is 0. The molecule has 0 aliphatic carbocycles. The van der Waals surface area contributed by atoms with E-state index >= 15 is 0 Å². The van der Waals surface area contributed by atoms with Gasteiger partial charge in [0.05, 0.1) is 17.5 Å². The van der Waals surface area contributed by atoms with Gasteiger partial charge in [0, 0.05) is 6.07 Å². The van der Waals surface area contributed by atoms with Crippen LogP contribution in [0.2, 0.25) is 0 Å². The molecule has 7 heteroatoms. The lowest BCUT2D eigenvalue weighted by Crippen LogP contribution is -2.31. The number of thioether (sulfide) groups is 1. The van der Waals surface area contributed by atoms with Crippen LogP contribution in [-0.4, -0.2) is 28.5 Å². The average Bonchev–Trinajstić information content (AvgIpc) is 3.13. The number of nitrogens with zero attached hydrogens (tertiary/aromatic N) is 1. The summed E-state index contributed by atoms with van der Waals surface area (Å²) in [5.41, 5.74) is 2.20. The maximum atomic E-state index is 12.5. The molecule has 1 unspecified atom stereocenters. The van der Waals surface area contributed by atoms with E-state index < -0.39 is 0 Å². The maximum Gasteiger partial charge on any atom is 0.235 e. The number of aromatic nitrogens is 1. The highest BCUT2D eigenvalue weighted by molar-refractivity contribution is 8.00. The third kappa shape index (κ3) is 6.80. The molecule has 0 saturated heterocycles. The van der Waals surface area contributed by atoms with Gasteiger partial charge in [0.25, 0.3) is 0 Å². The van der Waals surface area contributed by atoms with E-state index in [4.69, 9.17) is 4.52 Å². The molecule has 3 aromatic rings. The molecule has 2 N–H and O–H groups in total. The molecule has 0 aliphatic rings. The minimum Gasteiger partial charge on any atom is -0.360 e. The summed E-state index contributed by atoms with van der Waals surface area (Å²) in [6.45, 7) is 1.75. The fourth-order valence-corrected chi connectivity index (χ4v) is 3.49. The summed E-state index contributed by atoms with van der Waals surface area (Å²) in [4.78, 5) is 24.4. The van der Waals surface area contributed by atoms with Gasteiger partial charge >= 0.3 is 0 Å². The van der Waals surface area contributed by atoms with Crippen molar-refractivity contribution in [3.63, 3.8) is 0 Å². The Morgan fingerprint density at radius 3 is 2.31 bits per heavy atom. The second kappa shape index (κ2) is 10.5. The molecular weight excluding hydrogens is 386 g/mol. The predicted molar refractivity (Wildman–Crippen MR) is 115 cm³/mol. The monoisotopic (exact) mass is 409 g/mol. The molecule has 0 radical (unpaired) electrons. The van der Waals surface area contributed by atoms with Crippen LogP contribution in [0.5, 0.6) is 0 Å². The van der Waals surface area contributed by atoms with E-state index in [2.05, 4.69) is 15.8 Å². The van der Waals surface area contributed by atoms with Gasteiger partial charge in [0.2, 0.25) is 11.8 Å². The number of anilines is 1. The summed E-state index contributed by atoms with van der Waals surface area (Å²) in [6.07, 6.45) is 0.702. The summed E-state index contributed by atoms with van der Waals surface area (Å²) >= 11 is 1.26. The van der Waals surface area contributed by atoms with Gasteiger partial charge in [-0.3, -0.25) is 9.59 Å². The Morgan fingerprint density at radius 2 is 1.66 bits per heavy atom. The largest absolute Gasteiger partial charge is 0.360 e. The van der Waals surface area contributed by atoms with Crippen LogP contribution in [0.1, 0.15) is 22.9 Å². The van der Waals surface area contributed by atoms with Gasteiger partial charge in [0.1, 0.15) is 5.76 Å². The van der Waals surface area contributed by atoms with Crippen LogP contribution >= 0.6 is 11.8 Å². The lowest BCUT2D eigenvalue weighted by Gasteiger charge is -2.19. The summed E-state index contributed by atoms with van der Waals surface area (Å²) in [5, 5.41) is 9.45. The highest BCUT2D eigenvalue weighted by Crippen LogP contribution is 2.19. The highest BCUT2D eigenvalue weighted by atomic mass is 32.2. The highest BCUT2D eigenvalue weighted by Gasteiger charge is 2.16. The average molecular weight is 410 g/mol. The first kappa shape index (κ1) is 20.7. The summed E-state index contributed by atoms with van der Waals surface area (Å²) < 4.78 is 4.91. The lowest BCUT2D eigenvalue weighted by atomic mass is 9.99. The molecule has 29 heavy (non-hydrogen) atoms. The number of carbonyl (C=O) groups is 2. The molecule has 0 bridgehead atoms.